The van der Waals surface area contributed by atoms with Crippen LogP contribution in [0.1, 0.15) is 107 Å². The number of esters is 1. The van der Waals surface area contributed by atoms with Crippen molar-refractivity contribution in [2.24, 2.45) is 11.8 Å². The standard InChI is InChI=1S/C33H44O2/c1-3-4-6-9-26-14-22-32(23-15-26)35-33(34)31-20-18-30(19-21-31)29-16-12-27(13-17-29)24-25(2)28-10-7-5-8-11-28/h3-5,7-8,10-13,16-17,25-26,30-32H,6,9,14-15,18-24H2,1-2H3/t25-,26?,30?,31?,32?/m1/s1. The highest BCUT2D eigenvalue weighted by atomic mass is 16.5. The van der Waals surface area contributed by atoms with E-state index in [0.717, 1.165) is 50.9 Å². The van der Waals surface area contributed by atoms with Crippen LogP contribution in [0.25, 0.3) is 0 Å². The van der Waals surface area contributed by atoms with E-state index in [-0.39, 0.29) is 18.0 Å². The summed E-state index contributed by atoms with van der Waals surface area (Å²) < 4.78 is 5.98. The molecule has 0 N–H and O–H groups in total. The van der Waals surface area contributed by atoms with E-state index in [0.29, 0.717) is 11.8 Å². The molecule has 0 saturated heterocycles. The maximum absolute atomic E-state index is 12.8. The van der Waals surface area contributed by atoms with Crippen molar-refractivity contribution >= 4 is 5.97 Å². The highest BCUT2D eigenvalue weighted by molar-refractivity contribution is 5.72. The van der Waals surface area contributed by atoms with Crippen LogP contribution < -0.4 is 0 Å². The molecular weight excluding hydrogens is 428 g/mol. The molecule has 0 unspecified atom stereocenters. The third-order valence-corrected chi connectivity index (χ3v) is 8.48. The normalized spacial score (nSPS) is 25.9. The van der Waals surface area contributed by atoms with Crippen LogP contribution in [0.3, 0.4) is 0 Å². The molecule has 0 amide bonds. The average Bonchev–Trinajstić information content (AvgIpc) is 2.91. The van der Waals surface area contributed by atoms with Gasteiger partial charge in [-0.2, -0.15) is 0 Å². The van der Waals surface area contributed by atoms with Gasteiger partial charge in [0.2, 0.25) is 0 Å². The lowest BCUT2D eigenvalue weighted by atomic mass is 9.78. The minimum Gasteiger partial charge on any atom is -0.462 e. The Morgan fingerprint density at radius 3 is 2.26 bits per heavy atom. The van der Waals surface area contributed by atoms with Crippen LogP contribution in [-0.4, -0.2) is 12.1 Å². The summed E-state index contributed by atoms with van der Waals surface area (Å²) in [6.45, 7) is 4.40. The van der Waals surface area contributed by atoms with Gasteiger partial charge in [0, 0.05) is 0 Å². The monoisotopic (exact) mass is 472 g/mol. The van der Waals surface area contributed by atoms with Crippen molar-refractivity contribution in [3.63, 3.8) is 0 Å². The molecule has 2 aromatic rings. The Morgan fingerprint density at radius 2 is 1.60 bits per heavy atom. The van der Waals surface area contributed by atoms with Gasteiger partial charge in [0.1, 0.15) is 6.10 Å². The van der Waals surface area contributed by atoms with Gasteiger partial charge < -0.3 is 4.74 Å². The van der Waals surface area contributed by atoms with E-state index < -0.39 is 0 Å². The molecule has 2 aliphatic rings. The second-order valence-electron chi connectivity index (χ2n) is 11.0. The van der Waals surface area contributed by atoms with Crippen LogP contribution in [0.5, 0.6) is 0 Å². The maximum atomic E-state index is 12.8. The predicted octanol–water partition coefficient (Wildman–Crippen LogP) is 8.76. The molecule has 2 aromatic carbocycles. The number of hydrogen-bond donors (Lipinski definition) is 0. The molecule has 0 bridgehead atoms. The summed E-state index contributed by atoms with van der Waals surface area (Å²) >= 11 is 0. The van der Waals surface area contributed by atoms with Crippen LogP contribution in [-0.2, 0) is 16.0 Å². The van der Waals surface area contributed by atoms with E-state index in [2.05, 4.69) is 80.6 Å². The van der Waals surface area contributed by atoms with Crippen molar-refractivity contribution in [3.8, 4) is 0 Å². The van der Waals surface area contributed by atoms with Gasteiger partial charge in [-0.1, -0.05) is 73.7 Å². The third-order valence-electron chi connectivity index (χ3n) is 8.48. The number of allylic oxidation sites excluding steroid dienone is 2. The molecule has 2 saturated carbocycles. The lowest BCUT2D eigenvalue weighted by molar-refractivity contribution is -0.157. The maximum Gasteiger partial charge on any atom is 0.309 e. The quantitative estimate of drug-likeness (QED) is 0.269. The Hall–Kier alpha value is -2.35. The Bertz CT molecular complexity index is 913. The van der Waals surface area contributed by atoms with Crippen molar-refractivity contribution < 1.29 is 9.53 Å². The highest BCUT2D eigenvalue weighted by Gasteiger charge is 2.31. The summed E-state index contributed by atoms with van der Waals surface area (Å²) in [5.74, 6) is 2.09. The predicted molar refractivity (Wildman–Crippen MR) is 146 cm³/mol. The number of benzene rings is 2. The average molecular weight is 473 g/mol. The zero-order valence-electron chi connectivity index (χ0n) is 21.8. The van der Waals surface area contributed by atoms with Crippen molar-refractivity contribution in [2.45, 2.75) is 102 Å². The Morgan fingerprint density at radius 1 is 0.914 bits per heavy atom. The second kappa shape index (κ2) is 13.1. The number of carbonyl (C=O) groups is 1. The summed E-state index contributed by atoms with van der Waals surface area (Å²) in [4.78, 5) is 12.8. The molecule has 2 nitrogen and oxygen atoms in total. The summed E-state index contributed by atoms with van der Waals surface area (Å²) in [6.07, 6.45) is 16.8. The molecule has 2 fully saturated rings. The first kappa shape index (κ1) is 25.7. The van der Waals surface area contributed by atoms with Crippen molar-refractivity contribution in [3.05, 3.63) is 83.4 Å². The van der Waals surface area contributed by atoms with Crippen LogP contribution >= 0.6 is 0 Å². The van der Waals surface area contributed by atoms with E-state index in [4.69, 9.17) is 4.74 Å². The first-order chi connectivity index (χ1) is 17.1. The molecule has 2 aliphatic carbocycles. The van der Waals surface area contributed by atoms with E-state index in [1.54, 1.807) is 0 Å². The van der Waals surface area contributed by atoms with E-state index >= 15 is 0 Å². The fourth-order valence-corrected chi connectivity index (χ4v) is 6.14. The minimum atomic E-state index is 0.0751. The van der Waals surface area contributed by atoms with Gasteiger partial charge >= 0.3 is 5.97 Å². The van der Waals surface area contributed by atoms with Gasteiger partial charge in [0.25, 0.3) is 0 Å². The molecule has 4 rings (SSSR count). The zero-order chi connectivity index (χ0) is 24.5. The molecule has 0 aliphatic heterocycles. The van der Waals surface area contributed by atoms with Crippen molar-refractivity contribution in [1.29, 1.82) is 0 Å². The van der Waals surface area contributed by atoms with Crippen LogP contribution in [0.15, 0.2) is 66.7 Å². The largest absolute Gasteiger partial charge is 0.462 e. The topological polar surface area (TPSA) is 26.3 Å². The Labute approximate surface area is 213 Å². The first-order valence-corrected chi connectivity index (χ1v) is 14.1. The lowest BCUT2D eigenvalue weighted by Crippen LogP contribution is -2.29. The van der Waals surface area contributed by atoms with Gasteiger partial charge in [-0.15, -0.1) is 0 Å². The molecule has 0 aromatic heterocycles. The second-order valence-corrected chi connectivity index (χ2v) is 11.0. The lowest BCUT2D eigenvalue weighted by Gasteiger charge is -2.31. The molecule has 188 valence electrons. The number of rotatable bonds is 9. The summed E-state index contributed by atoms with van der Waals surface area (Å²) in [6, 6.07) is 20.0. The zero-order valence-corrected chi connectivity index (χ0v) is 21.8. The highest BCUT2D eigenvalue weighted by Crippen LogP contribution is 2.37. The SMILES string of the molecule is CC=CCCC1CCC(OC(=O)C2CCC(c3ccc(C[C@@H](C)c4ccccc4)cc3)CC2)CC1. The van der Waals surface area contributed by atoms with Crippen LogP contribution in [0, 0.1) is 11.8 Å². The molecule has 0 spiro atoms. The van der Waals surface area contributed by atoms with Gasteiger partial charge in [0.05, 0.1) is 5.92 Å². The summed E-state index contributed by atoms with van der Waals surface area (Å²) in [5, 5.41) is 0. The van der Waals surface area contributed by atoms with Crippen molar-refractivity contribution in [2.75, 3.05) is 0 Å². The van der Waals surface area contributed by atoms with Crippen LogP contribution in [0.4, 0.5) is 0 Å². The molecule has 2 heteroatoms. The van der Waals surface area contributed by atoms with Gasteiger partial charge in [-0.3, -0.25) is 4.79 Å². The van der Waals surface area contributed by atoms with Crippen molar-refractivity contribution in [1.82, 2.24) is 0 Å². The molecule has 35 heavy (non-hydrogen) atoms. The Kier molecular flexibility index (Phi) is 9.63. The smallest absolute Gasteiger partial charge is 0.309 e. The van der Waals surface area contributed by atoms with E-state index in [9.17, 15) is 4.79 Å². The fourth-order valence-electron chi connectivity index (χ4n) is 6.14. The molecular formula is C33H44O2. The molecule has 1 atom stereocenters. The fraction of sp³-hybridized carbons (Fsp3) is 0.545. The molecule has 0 heterocycles. The van der Waals surface area contributed by atoms with Crippen LogP contribution in [0.2, 0.25) is 0 Å². The number of carbonyl (C=O) groups excluding carboxylic acids is 1. The summed E-state index contributed by atoms with van der Waals surface area (Å²) in [7, 11) is 0. The number of hydrogen-bond acceptors (Lipinski definition) is 2. The van der Waals surface area contributed by atoms with Gasteiger partial charge in [-0.05, 0) is 112 Å². The molecule has 0 radical (unpaired) electrons. The number of ether oxygens (including phenoxy) is 1. The minimum absolute atomic E-state index is 0.0751. The van der Waals surface area contributed by atoms with Gasteiger partial charge in [-0.25, -0.2) is 0 Å². The van der Waals surface area contributed by atoms with Gasteiger partial charge in [0.15, 0.2) is 0 Å². The van der Waals surface area contributed by atoms with E-state index in [1.807, 2.05) is 0 Å². The first-order valence-electron chi connectivity index (χ1n) is 14.1. The summed E-state index contributed by atoms with van der Waals surface area (Å²) in [5.41, 5.74) is 4.24. The Balaban J connectivity index is 1.18. The van der Waals surface area contributed by atoms with E-state index in [1.165, 1.54) is 42.4 Å². The third kappa shape index (κ3) is 7.56.